The molecule has 0 N–H and O–H groups in total. The minimum atomic E-state index is 1.02. The first-order chi connectivity index (χ1) is 22.3. The van der Waals surface area contributed by atoms with Crippen molar-refractivity contribution in [3.05, 3.63) is 170 Å². The molecule has 1 aliphatic carbocycles. The van der Waals surface area contributed by atoms with Gasteiger partial charge in [-0.1, -0.05) is 121 Å². The van der Waals surface area contributed by atoms with Gasteiger partial charge >= 0.3 is 0 Å². The Morgan fingerprint density at radius 2 is 0.889 bits per heavy atom. The van der Waals surface area contributed by atoms with E-state index >= 15 is 0 Å². The van der Waals surface area contributed by atoms with Gasteiger partial charge in [-0.05, 0) is 102 Å². The lowest BCUT2D eigenvalue weighted by Crippen LogP contribution is -2.10. The Kier molecular flexibility index (Phi) is 5.85. The van der Waals surface area contributed by atoms with Crippen LogP contribution >= 0.6 is 0 Å². The van der Waals surface area contributed by atoms with E-state index in [1.54, 1.807) is 0 Å². The molecule has 0 saturated heterocycles. The van der Waals surface area contributed by atoms with E-state index < -0.39 is 0 Å². The molecule has 1 aromatic heterocycles. The van der Waals surface area contributed by atoms with E-state index in [2.05, 4.69) is 162 Å². The SMILES string of the molecule is c1cncc(N(c2ccc(-c3cccc4ccccc34)cc2)c2ccc(-c3ccc4c5c(cccc35)-c3ccccc3-4)cc2)c1. The lowest BCUT2D eigenvalue weighted by Gasteiger charge is -2.25. The molecule has 0 spiro atoms. The minimum Gasteiger partial charge on any atom is -0.309 e. The van der Waals surface area contributed by atoms with Crippen LogP contribution in [0.2, 0.25) is 0 Å². The average molecular weight is 573 g/mol. The van der Waals surface area contributed by atoms with Crippen LogP contribution in [-0.2, 0) is 0 Å². The van der Waals surface area contributed by atoms with Crippen molar-refractivity contribution in [3.8, 4) is 44.5 Å². The summed E-state index contributed by atoms with van der Waals surface area (Å²) in [6.07, 6.45) is 3.75. The standard InChI is InChI=1S/C43H28N2/c1-2-11-35-29(8-1)9-5-14-36(35)30-17-21-32(22-18-30)45(34-10-7-27-44-28-34)33-23-19-31(20-24-33)37-25-26-42-39-13-4-3-12-38(39)41-16-6-15-40(37)43(41)42/h1-28H. The largest absolute Gasteiger partial charge is 0.309 e. The highest BCUT2D eigenvalue weighted by atomic mass is 15.1. The summed E-state index contributed by atoms with van der Waals surface area (Å²) < 4.78 is 0. The zero-order chi connectivity index (χ0) is 29.7. The summed E-state index contributed by atoms with van der Waals surface area (Å²) in [6.45, 7) is 0. The molecule has 0 radical (unpaired) electrons. The fourth-order valence-corrected chi connectivity index (χ4v) is 7.05. The summed E-state index contributed by atoms with van der Waals surface area (Å²) in [7, 11) is 0. The molecule has 8 aromatic rings. The van der Waals surface area contributed by atoms with Gasteiger partial charge < -0.3 is 4.90 Å². The van der Waals surface area contributed by atoms with Gasteiger partial charge in [-0.25, -0.2) is 0 Å². The van der Waals surface area contributed by atoms with Crippen molar-refractivity contribution in [2.24, 2.45) is 0 Å². The number of aromatic nitrogens is 1. The Morgan fingerprint density at radius 1 is 0.356 bits per heavy atom. The number of fused-ring (bicyclic) bond motifs is 4. The van der Waals surface area contributed by atoms with E-state index in [4.69, 9.17) is 0 Å². The lowest BCUT2D eigenvalue weighted by molar-refractivity contribution is 1.23. The summed E-state index contributed by atoms with van der Waals surface area (Å²) in [5.41, 5.74) is 13.4. The summed E-state index contributed by atoms with van der Waals surface area (Å²) in [5.74, 6) is 0. The topological polar surface area (TPSA) is 16.1 Å². The molecule has 0 atom stereocenters. The van der Waals surface area contributed by atoms with Gasteiger partial charge in [0.2, 0.25) is 0 Å². The third-order valence-electron chi connectivity index (χ3n) is 9.11. The monoisotopic (exact) mass is 572 g/mol. The van der Waals surface area contributed by atoms with Crippen molar-refractivity contribution >= 4 is 38.6 Å². The highest BCUT2D eigenvalue weighted by Gasteiger charge is 2.22. The lowest BCUT2D eigenvalue weighted by atomic mass is 9.94. The zero-order valence-corrected chi connectivity index (χ0v) is 24.6. The predicted molar refractivity (Wildman–Crippen MR) is 189 cm³/mol. The number of benzene rings is 7. The van der Waals surface area contributed by atoms with Gasteiger partial charge in [0.15, 0.2) is 0 Å². The van der Waals surface area contributed by atoms with Crippen LogP contribution in [0, 0.1) is 0 Å². The highest BCUT2D eigenvalue weighted by molar-refractivity contribution is 6.18. The van der Waals surface area contributed by atoms with Crippen molar-refractivity contribution < 1.29 is 0 Å². The van der Waals surface area contributed by atoms with E-state index in [0.717, 1.165) is 17.1 Å². The van der Waals surface area contributed by atoms with Crippen LogP contribution in [0.15, 0.2) is 170 Å². The van der Waals surface area contributed by atoms with Gasteiger partial charge in [0, 0.05) is 17.6 Å². The van der Waals surface area contributed by atoms with E-state index in [0.29, 0.717) is 0 Å². The third-order valence-corrected chi connectivity index (χ3v) is 9.11. The minimum absolute atomic E-state index is 1.02. The summed E-state index contributed by atoms with van der Waals surface area (Å²) >= 11 is 0. The number of pyridine rings is 1. The molecule has 0 fully saturated rings. The molecule has 1 heterocycles. The van der Waals surface area contributed by atoms with E-state index in [-0.39, 0.29) is 0 Å². The first-order valence-electron chi connectivity index (χ1n) is 15.4. The molecule has 0 unspecified atom stereocenters. The first kappa shape index (κ1) is 25.5. The maximum atomic E-state index is 4.45. The number of nitrogens with zero attached hydrogens (tertiary/aromatic N) is 2. The van der Waals surface area contributed by atoms with Gasteiger partial charge in [0.25, 0.3) is 0 Å². The molecule has 9 rings (SSSR count). The van der Waals surface area contributed by atoms with Gasteiger partial charge in [-0.3, -0.25) is 4.98 Å². The molecule has 1 aliphatic rings. The smallest absolute Gasteiger partial charge is 0.0644 e. The van der Waals surface area contributed by atoms with E-state index in [1.165, 1.54) is 66.1 Å². The van der Waals surface area contributed by atoms with Gasteiger partial charge in [0.1, 0.15) is 0 Å². The second-order valence-electron chi connectivity index (χ2n) is 11.6. The van der Waals surface area contributed by atoms with Crippen molar-refractivity contribution in [1.29, 1.82) is 0 Å². The maximum Gasteiger partial charge on any atom is 0.0644 e. The number of hydrogen-bond acceptors (Lipinski definition) is 2. The van der Waals surface area contributed by atoms with Crippen LogP contribution in [0.25, 0.3) is 66.1 Å². The highest BCUT2D eigenvalue weighted by Crippen LogP contribution is 2.49. The van der Waals surface area contributed by atoms with Crippen molar-refractivity contribution in [3.63, 3.8) is 0 Å². The average Bonchev–Trinajstić information content (AvgIpc) is 3.44. The Hall–Kier alpha value is -5.99. The molecule has 0 bridgehead atoms. The van der Waals surface area contributed by atoms with E-state index in [9.17, 15) is 0 Å². The van der Waals surface area contributed by atoms with Crippen LogP contribution in [0.5, 0.6) is 0 Å². The quantitative estimate of drug-likeness (QED) is 0.204. The first-order valence-corrected chi connectivity index (χ1v) is 15.4. The molecule has 0 amide bonds. The zero-order valence-electron chi connectivity index (χ0n) is 24.6. The molecular weight excluding hydrogens is 544 g/mol. The Bertz CT molecular complexity index is 2320. The second-order valence-corrected chi connectivity index (χ2v) is 11.6. The van der Waals surface area contributed by atoms with Crippen LogP contribution in [0.1, 0.15) is 0 Å². The van der Waals surface area contributed by atoms with Crippen LogP contribution < -0.4 is 4.90 Å². The summed E-state index contributed by atoms with van der Waals surface area (Å²) in [6, 6.07) is 57.0. The number of rotatable bonds is 5. The Morgan fingerprint density at radius 3 is 1.60 bits per heavy atom. The van der Waals surface area contributed by atoms with Gasteiger partial charge in [-0.2, -0.15) is 0 Å². The van der Waals surface area contributed by atoms with Gasteiger partial charge in [0.05, 0.1) is 11.9 Å². The van der Waals surface area contributed by atoms with Crippen molar-refractivity contribution in [2.75, 3.05) is 4.90 Å². The Balaban J connectivity index is 1.11. The third kappa shape index (κ3) is 4.15. The maximum absolute atomic E-state index is 4.45. The molecular formula is C43H28N2. The number of hydrogen-bond donors (Lipinski definition) is 0. The molecule has 7 aromatic carbocycles. The predicted octanol–water partition coefficient (Wildman–Crippen LogP) is 11.8. The summed E-state index contributed by atoms with van der Waals surface area (Å²) in [4.78, 5) is 6.72. The Labute approximate surface area is 262 Å². The molecule has 45 heavy (non-hydrogen) atoms. The van der Waals surface area contributed by atoms with Crippen LogP contribution in [-0.4, -0.2) is 4.98 Å². The fraction of sp³-hybridized carbons (Fsp3) is 0. The van der Waals surface area contributed by atoms with Crippen molar-refractivity contribution in [2.45, 2.75) is 0 Å². The second kappa shape index (κ2) is 10.3. The normalized spacial score (nSPS) is 11.6. The molecule has 0 saturated carbocycles. The molecule has 210 valence electrons. The molecule has 0 aliphatic heterocycles. The van der Waals surface area contributed by atoms with Crippen LogP contribution in [0.4, 0.5) is 17.1 Å². The van der Waals surface area contributed by atoms with Crippen molar-refractivity contribution in [1.82, 2.24) is 4.98 Å². The molecule has 2 heteroatoms. The van der Waals surface area contributed by atoms with Gasteiger partial charge in [-0.15, -0.1) is 0 Å². The van der Waals surface area contributed by atoms with Crippen LogP contribution in [0.3, 0.4) is 0 Å². The molecule has 2 nitrogen and oxygen atoms in total. The summed E-state index contributed by atoms with van der Waals surface area (Å²) in [5, 5.41) is 5.16. The van der Waals surface area contributed by atoms with E-state index in [1.807, 2.05) is 18.5 Å². The fourth-order valence-electron chi connectivity index (χ4n) is 7.05. The number of anilines is 3.